The maximum absolute atomic E-state index is 13.1. The van der Waals surface area contributed by atoms with E-state index in [9.17, 15) is 14.0 Å². The van der Waals surface area contributed by atoms with E-state index in [1.807, 2.05) is 0 Å². The van der Waals surface area contributed by atoms with Crippen LogP contribution >= 0.6 is 0 Å². The summed E-state index contributed by atoms with van der Waals surface area (Å²) in [6.45, 7) is 4.25. The molecular formula is C18H21FN4O3. The van der Waals surface area contributed by atoms with Crippen LogP contribution in [0.5, 0.6) is 0 Å². The van der Waals surface area contributed by atoms with E-state index in [-0.39, 0.29) is 42.8 Å². The first-order valence-electron chi connectivity index (χ1n) is 8.22. The molecule has 1 aromatic carbocycles. The average molecular weight is 360 g/mol. The molecule has 0 unspecified atom stereocenters. The fourth-order valence-corrected chi connectivity index (χ4v) is 2.17. The lowest BCUT2D eigenvalue weighted by Crippen LogP contribution is -2.35. The molecular weight excluding hydrogens is 339 g/mol. The Hall–Kier alpha value is -2.87. The first-order valence-corrected chi connectivity index (χ1v) is 8.22. The van der Waals surface area contributed by atoms with Crippen LogP contribution in [-0.2, 0) is 16.2 Å². The molecule has 1 aromatic heterocycles. The van der Waals surface area contributed by atoms with Gasteiger partial charge in [-0.15, -0.1) is 0 Å². The summed E-state index contributed by atoms with van der Waals surface area (Å²) >= 11 is 0. The Kier molecular flexibility index (Phi) is 7.16. The highest BCUT2D eigenvalue weighted by molar-refractivity contribution is 5.92. The molecule has 26 heavy (non-hydrogen) atoms. The van der Waals surface area contributed by atoms with Crippen LogP contribution in [0.15, 0.2) is 36.7 Å². The molecule has 1 N–H and O–H groups in total. The first kappa shape index (κ1) is 19.5. The standard InChI is InChI=1S/C18H21FN4O3/c1-3-26-22-17(24)8-9-23(12-14-4-6-15(19)7-5-14)18(25)16-11-20-13(2)10-21-16/h4-7,10-11H,3,8-9,12H2,1-2H3,(H,22,24). The molecule has 7 nitrogen and oxygen atoms in total. The van der Waals surface area contributed by atoms with Gasteiger partial charge in [0.25, 0.3) is 5.91 Å². The zero-order valence-electron chi connectivity index (χ0n) is 14.7. The van der Waals surface area contributed by atoms with Crippen molar-refractivity contribution in [1.29, 1.82) is 0 Å². The van der Waals surface area contributed by atoms with Gasteiger partial charge < -0.3 is 4.90 Å². The number of nitrogens with zero attached hydrogens (tertiary/aromatic N) is 3. The fraction of sp³-hybridized carbons (Fsp3) is 0.333. The topological polar surface area (TPSA) is 84.4 Å². The van der Waals surface area contributed by atoms with Gasteiger partial charge in [-0.1, -0.05) is 12.1 Å². The van der Waals surface area contributed by atoms with Crippen LogP contribution in [0.1, 0.15) is 35.1 Å². The van der Waals surface area contributed by atoms with Crippen molar-refractivity contribution in [3.63, 3.8) is 0 Å². The monoisotopic (exact) mass is 360 g/mol. The molecule has 0 radical (unpaired) electrons. The molecule has 0 saturated heterocycles. The highest BCUT2D eigenvalue weighted by atomic mass is 19.1. The summed E-state index contributed by atoms with van der Waals surface area (Å²) < 4.78 is 13.1. The van der Waals surface area contributed by atoms with Gasteiger partial charge in [-0.05, 0) is 31.5 Å². The van der Waals surface area contributed by atoms with Gasteiger partial charge in [0.15, 0.2) is 0 Å². The van der Waals surface area contributed by atoms with Gasteiger partial charge in [0.1, 0.15) is 11.5 Å². The zero-order valence-corrected chi connectivity index (χ0v) is 14.7. The van der Waals surface area contributed by atoms with Crippen LogP contribution in [0, 0.1) is 12.7 Å². The number of hydroxylamine groups is 1. The minimum atomic E-state index is -0.356. The average Bonchev–Trinajstić information content (AvgIpc) is 2.65. The van der Waals surface area contributed by atoms with Crippen LogP contribution in [-0.4, -0.2) is 39.8 Å². The maximum Gasteiger partial charge on any atom is 0.274 e. The molecule has 2 rings (SSSR count). The van der Waals surface area contributed by atoms with Crippen molar-refractivity contribution in [1.82, 2.24) is 20.3 Å². The Balaban J connectivity index is 2.11. The summed E-state index contributed by atoms with van der Waals surface area (Å²) in [5.74, 6) is -1.04. The minimum Gasteiger partial charge on any atom is -0.332 e. The van der Waals surface area contributed by atoms with Crippen molar-refractivity contribution < 1.29 is 18.8 Å². The quantitative estimate of drug-likeness (QED) is 0.728. The molecule has 138 valence electrons. The Morgan fingerprint density at radius 1 is 1.19 bits per heavy atom. The third-order valence-electron chi connectivity index (χ3n) is 3.51. The van der Waals surface area contributed by atoms with Crippen LogP contribution in [0.25, 0.3) is 0 Å². The Bertz CT molecular complexity index is 735. The van der Waals surface area contributed by atoms with Crippen molar-refractivity contribution in [3.8, 4) is 0 Å². The molecule has 0 aliphatic carbocycles. The minimum absolute atomic E-state index is 0.0617. The molecule has 0 aliphatic rings. The SMILES string of the molecule is CCONC(=O)CCN(Cc1ccc(F)cc1)C(=O)c1cnc(C)cn1. The lowest BCUT2D eigenvalue weighted by molar-refractivity contribution is -0.133. The Labute approximate surface area is 151 Å². The molecule has 0 spiro atoms. The van der Waals surface area contributed by atoms with E-state index in [0.717, 1.165) is 5.56 Å². The van der Waals surface area contributed by atoms with Crippen molar-refractivity contribution in [2.75, 3.05) is 13.2 Å². The van der Waals surface area contributed by atoms with Gasteiger partial charge in [-0.2, -0.15) is 0 Å². The van der Waals surface area contributed by atoms with Crippen LogP contribution < -0.4 is 5.48 Å². The summed E-state index contributed by atoms with van der Waals surface area (Å²) in [4.78, 5) is 39.0. The van der Waals surface area contributed by atoms with Crippen LogP contribution in [0.3, 0.4) is 0 Å². The Morgan fingerprint density at radius 3 is 2.54 bits per heavy atom. The summed E-state index contributed by atoms with van der Waals surface area (Å²) in [6, 6.07) is 5.84. The van der Waals surface area contributed by atoms with Gasteiger partial charge >= 0.3 is 0 Å². The van der Waals surface area contributed by atoms with E-state index in [4.69, 9.17) is 4.84 Å². The zero-order chi connectivity index (χ0) is 18.9. The number of rotatable bonds is 8. The lowest BCUT2D eigenvalue weighted by Gasteiger charge is -2.22. The van der Waals surface area contributed by atoms with E-state index in [2.05, 4.69) is 15.4 Å². The molecule has 0 fully saturated rings. The second-order valence-electron chi connectivity index (χ2n) is 5.60. The molecule has 2 amide bonds. The van der Waals surface area contributed by atoms with Crippen LogP contribution in [0.4, 0.5) is 4.39 Å². The molecule has 8 heteroatoms. The van der Waals surface area contributed by atoms with Crippen molar-refractivity contribution >= 4 is 11.8 Å². The number of aromatic nitrogens is 2. The molecule has 0 aliphatic heterocycles. The molecule has 0 saturated carbocycles. The third-order valence-corrected chi connectivity index (χ3v) is 3.51. The largest absolute Gasteiger partial charge is 0.332 e. The number of amides is 2. The smallest absolute Gasteiger partial charge is 0.274 e. The number of hydrogen-bond donors (Lipinski definition) is 1. The third kappa shape index (κ3) is 5.89. The fourth-order valence-electron chi connectivity index (χ4n) is 2.17. The molecule has 1 heterocycles. The first-order chi connectivity index (χ1) is 12.5. The van der Waals surface area contributed by atoms with E-state index in [1.165, 1.54) is 29.4 Å². The second-order valence-corrected chi connectivity index (χ2v) is 5.60. The number of carbonyl (C=O) groups excluding carboxylic acids is 2. The highest BCUT2D eigenvalue weighted by Gasteiger charge is 2.19. The van der Waals surface area contributed by atoms with Crippen LogP contribution in [0.2, 0.25) is 0 Å². The van der Waals surface area contributed by atoms with Gasteiger partial charge in [0.2, 0.25) is 5.91 Å². The summed E-state index contributed by atoms with van der Waals surface area (Å²) in [6.07, 6.45) is 2.97. The number of nitrogens with one attached hydrogen (secondary N) is 1. The molecule has 2 aromatic rings. The van der Waals surface area contributed by atoms with E-state index in [1.54, 1.807) is 26.0 Å². The summed E-state index contributed by atoms with van der Waals surface area (Å²) in [5, 5.41) is 0. The van der Waals surface area contributed by atoms with E-state index in [0.29, 0.717) is 12.3 Å². The van der Waals surface area contributed by atoms with Crippen molar-refractivity contribution in [2.45, 2.75) is 26.8 Å². The number of hydrogen-bond acceptors (Lipinski definition) is 5. The number of aryl methyl sites for hydroxylation is 1. The second kappa shape index (κ2) is 9.57. The van der Waals surface area contributed by atoms with Crippen molar-refractivity contribution in [3.05, 3.63) is 59.4 Å². The summed E-state index contributed by atoms with van der Waals surface area (Å²) in [7, 11) is 0. The normalized spacial score (nSPS) is 10.4. The number of benzene rings is 1. The van der Waals surface area contributed by atoms with Gasteiger partial charge in [0.05, 0.1) is 18.5 Å². The predicted octanol–water partition coefficient (Wildman–Crippen LogP) is 2.02. The van der Waals surface area contributed by atoms with Gasteiger partial charge in [0, 0.05) is 25.7 Å². The van der Waals surface area contributed by atoms with E-state index >= 15 is 0 Å². The van der Waals surface area contributed by atoms with E-state index < -0.39 is 0 Å². The lowest BCUT2D eigenvalue weighted by atomic mass is 10.2. The Morgan fingerprint density at radius 2 is 1.92 bits per heavy atom. The predicted molar refractivity (Wildman–Crippen MR) is 92.3 cm³/mol. The maximum atomic E-state index is 13.1. The summed E-state index contributed by atoms with van der Waals surface area (Å²) in [5.41, 5.74) is 3.91. The number of halogens is 1. The highest BCUT2D eigenvalue weighted by Crippen LogP contribution is 2.10. The molecule has 0 atom stereocenters. The van der Waals surface area contributed by atoms with Crippen molar-refractivity contribution in [2.24, 2.45) is 0 Å². The number of carbonyl (C=O) groups is 2. The van der Waals surface area contributed by atoms with Gasteiger partial charge in [-0.3, -0.25) is 19.4 Å². The van der Waals surface area contributed by atoms with Gasteiger partial charge in [-0.25, -0.2) is 14.9 Å². The molecule has 0 bridgehead atoms.